The summed E-state index contributed by atoms with van der Waals surface area (Å²) >= 11 is 1.52. The molecule has 0 bridgehead atoms. The molecule has 0 radical (unpaired) electrons. The van der Waals surface area contributed by atoms with Crippen LogP contribution in [0.25, 0.3) is 0 Å². The van der Waals surface area contributed by atoms with Crippen LogP contribution in [0, 0.1) is 0 Å². The third-order valence-electron chi connectivity index (χ3n) is 1.84. The zero-order valence-electron chi connectivity index (χ0n) is 7.38. The molecule has 0 saturated carbocycles. The Hall–Kier alpha value is -1.62. The highest BCUT2D eigenvalue weighted by Gasteiger charge is 2.01. The van der Waals surface area contributed by atoms with Crippen LogP contribution < -0.4 is 11.3 Å². The second-order valence-corrected chi connectivity index (χ2v) is 3.80. The molecule has 2 aromatic heterocycles. The zero-order valence-corrected chi connectivity index (χ0v) is 8.20. The number of thiazole rings is 1. The van der Waals surface area contributed by atoms with E-state index >= 15 is 0 Å². The first-order chi connectivity index (χ1) is 6.77. The van der Waals surface area contributed by atoms with Gasteiger partial charge < -0.3 is 10.3 Å². The lowest BCUT2D eigenvalue weighted by molar-refractivity contribution is 0.756. The van der Waals surface area contributed by atoms with Crippen molar-refractivity contribution in [1.29, 1.82) is 0 Å². The number of hydrogen-bond acceptors (Lipinski definition) is 4. The van der Waals surface area contributed by atoms with Gasteiger partial charge in [-0.3, -0.25) is 4.79 Å². The predicted octanol–water partition coefficient (Wildman–Crippen LogP) is 0.935. The Bertz CT molecular complexity index is 475. The fourth-order valence-electron chi connectivity index (χ4n) is 1.16. The van der Waals surface area contributed by atoms with Crippen LogP contribution >= 0.6 is 11.3 Å². The molecule has 0 aliphatic carbocycles. The Kier molecular flexibility index (Phi) is 2.32. The SMILES string of the molecule is Nc1cccn(Cc2nccs2)c1=O. The van der Waals surface area contributed by atoms with Gasteiger partial charge in [-0.2, -0.15) is 0 Å². The van der Waals surface area contributed by atoms with Crippen LogP contribution in [0.5, 0.6) is 0 Å². The zero-order chi connectivity index (χ0) is 9.97. The molecular formula is C9H9N3OS. The largest absolute Gasteiger partial charge is 0.394 e. The summed E-state index contributed by atoms with van der Waals surface area (Å²) in [5.74, 6) is 0. The van der Waals surface area contributed by atoms with Crippen molar-refractivity contribution in [2.24, 2.45) is 0 Å². The Labute approximate surface area is 84.6 Å². The molecule has 0 atom stereocenters. The van der Waals surface area contributed by atoms with Crippen LogP contribution in [0.3, 0.4) is 0 Å². The minimum atomic E-state index is -0.164. The van der Waals surface area contributed by atoms with E-state index in [4.69, 9.17) is 5.73 Å². The van der Waals surface area contributed by atoms with E-state index in [-0.39, 0.29) is 11.2 Å². The molecule has 0 unspecified atom stereocenters. The Balaban J connectivity index is 2.34. The van der Waals surface area contributed by atoms with Gasteiger partial charge in [-0.05, 0) is 12.1 Å². The van der Waals surface area contributed by atoms with E-state index in [9.17, 15) is 4.79 Å². The van der Waals surface area contributed by atoms with E-state index in [0.717, 1.165) is 5.01 Å². The molecule has 0 saturated heterocycles. The van der Waals surface area contributed by atoms with Crippen LogP contribution in [0.1, 0.15) is 5.01 Å². The van der Waals surface area contributed by atoms with Gasteiger partial charge in [-0.15, -0.1) is 11.3 Å². The summed E-state index contributed by atoms with van der Waals surface area (Å²) in [4.78, 5) is 15.6. The topological polar surface area (TPSA) is 60.9 Å². The van der Waals surface area contributed by atoms with Gasteiger partial charge in [0.2, 0.25) is 0 Å². The second-order valence-electron chi connectivity index (χ2n) is 2.82. The maximum absolute atomic E-state index is 11.5. The van der Waals surface area contributed by atoms with Crippen LogP contribution in [-0.4, -0.2) is 9.55 Å². The lowest BCUT2D eigenvalue weighted by atomic mass is 10.4. The van der Waals surface area contributed by atoms with Crippen LogP contribution in [0.4, 0.5) is 5.69 Å². The van der Waals surface area contributed by atoms with Crippen molar-refractivity contribution in [2.45, 2.75) is 6.54 Å². The van der Waals surface area contributed by atoms with Crippen molar-refractivity contribution in [2.75, 3.05) is 5.73 Å². The number of rotatable bonds is 2. The predicted molar refractivity (Wildman–Crippen MR) is 56.3 cm³/mol. The average Bonchev–Trinajstić information content (AvgIpc) is 2.66. The molecule has 0 aliphatic rings. The first-order valence-corrected chi connectivity index (χ1v) is 4.98. The standard InChI is InChI=1S/C9H9N3OS/c10-7-2-1-4-12(9(7)13)6-8-11-3-5-14-8/h1-5H,6,10H2. The smallest absolute Gasteiger partial charge is 0.274 e. The summed E-state index contributed by atoms with van der Waals surface area (Å²) in [6.45, 7) is 0.488. The average molecular weight is 207 g/mol. The number of nitrogens with zero attached hydrogens (tertiary/aromatic N) is 2. The molecule has 4 nitrogen and oxygen atoms in total. The van der Waals surface area contributed by atoms with Crippen molar-refractivity contribution >= 4 is 17.0 Å². The Morgan fingerprint density at radius 3 is 3.14 bits per heavy atom. The van der Waals surface area contributed by atoms with Gasteiger partial charge in [0, 0.05) is 17.8 Å². The van der Waals surface area contributed by atoms with E-state index in [2.05, 4.69) is 4.98 Å². The van der Waals surface area contributed by atoms with Gasteiger partial charge >= 0.3 is 0 Å². The molecule has 72 valence electrons. The maximum Gasteiger partial charge on any atom is 0.274 e. The van der Waals surface area contributed by atoms with Crippen LogP contribution in [0.15, 0.2) is 34.7 Å². The van der Waals surface area contributed by atoms with Crippen molar-refractivity contribution < 1.29 is 0 Å². The molecule has 0 amide bonds. The van der Waals surface area contributed by atoms with Gasteiger partial charge in [0.25, 0.3) is 5.56 Å². The number of nitrogens with two attached hydrogens (primary N) is 1. The Morgan fingerprint density at radius 2 is 2.43 bits per heavy atom. The monoisotopic (exact) mass is 207 g/mol. The first-order valence-electron chi connectivity index (χ1n) is 4.10. The molecule has 0 aliphatic heterocycles. The molecule has 0 spiro atoms. The number of aromatic nitrogens is 2. The minimum absolute atomic E-state index is 0.164. The van der Waals surface area contributed by atoms with E-state index in [1.165, 1.54) is 11.3 Å². The highest BCUT2D eigenvalue weighted by molar-refractivity contribution is 7.09. The molecule has 2 heterocycles. The van der Waals surface area contributed by atoms with E-state index in [0.29, 0.717) is 6.54 Å². The first kappa shape index (κ1) is 8.96. The lowest BCUT2D eigenvalue weighted by Crippen LogP contribution is -2.22. The minimum Gasteiger partial charge on any atom is -0.394 e. The third kappa shape index (κ3) is 1.67. The van der Waals surface area contributed by atoms with Crippen molar-refractivity contribution in [3.8, 4) is 0 Å². The van der Waals surface area contributed by atoms with Gasteiger partial charge in [0.1, 0.15) is 5.01 Å². The second kappa shape index (κ2) is 3.63. The number of pyridine rings is 1. The van der Waals surface area contributed by atoms with Gasteiger partial charge in [0.05, 0.1) is 12.2 Å². The highest BCUT2D eigenvalue weighted by atomic mass is 32.1. The van der Waals surface area contributed by atoms with Crippen LogP contribution in [-0.2, 0) is 6.54 Å². The lowest BCUT2D eigenvalue weighted by Gasteiger charge is -2.02. The number of hydrogen-bond donors (Lipinski definition) is 1. The summed E-state index contributed by atoms with van der Waals surface area (Å²) in [6, 6.07) is 3.35. The summed E-state index contributed by atoms with van der Waals surface area (Å²) in [7, 11) is 0. The van der Waals surface area contributed by atoms with Gasteiger partial charge in [0.15, 0.2) is 0 Å². The molecule has 0 aromatic carbocycles. The Morgan fingerprint density at radius 1 is 1.57 bits per heavy atom. The number of anilines is 1. The van der Waals surface area contributed by atoms with Crippen LogP contribution in [0.2, 0.25) is 0 Å². The summed E-state index contributed by atoms with van der Waals surface area (Å²) < 4.78 is 1.55. The summed E-state index contributed by atoms with van der Waals surface area (Å²) in [5.41, 5.74) is 5.60. The third-order valence-corrected chi connectivity index (χ3v) is 2.60. The molecule has 2 rings (SSSR count). The fourth-order valence-corrected chi connectivity index (χ4v) is 1.77. The quantitative estimate of drug-likeness (QED) is 0.797. The molecule has 2 N–H and O–H groups in total. The summed E-state index contributed by atoms with van der Waals surface area (Å²) in [6.07, 6.45) is 3.43. The van der Waals surface area contributed by atoms with Crippen molar-refractivity contribution in [1.82, 2.24) is 9.55 Å². The van der Waals surface area contributed by atoms with Gasteiger partial charge in [-0.1, -0.05) is 0 Å². The van der Waals surface area contributed by atoms with E-state index in [1.54, 1.807) is 29.1 Å². The number of nitrogen functional groups attached to an aromatic ring is 1. The van der Waals surface area contributed by atoms with Crippen molar-refractivity contribution in [3.05, 3.63) is 45.3 Å². The van der Waals surface area contributed by atoms with E-state index in [1.807, 2.05) is 5.38 Å². The summed E-state index contributed by atoms with van der Waals surface area (Å²) in [5, 5.41) is 2.78. The van der Waals surface area contributed by atoms with Crippen molar-refractivity contribution in [3.63, 3.8) is 0 Å². The maximum atomic E-state index is 11.5. The van der Waals surface area contributed by atoms with Gasteiger partial charge in [-0.25, -0.2) is 4.98 Å². The highest BCUT2D eigenvalue weighted by Crippen LogP contribution is 2.05. The molecule has 5 heteroatoms. The molecule has 0 fully saturated rings. The molecule has 2 aromatic rings. The normalized spacial score (nSPS) is 10.3. The molecular weight excluding hydrogens is 198 g/mol. The molecule has 14 heavy (non-hydrogen) atoms. The fraction of sp³-hybridized carbons (Fsp3) is 0.111. The van der Waals surface area contributed by atoms with E-state index < -0.39 is 0 Å².